The first-order chi connectivity index (χ1) is 10.5. The van der Waals surface area contributed by atoms with Crippen molar-refractivity contribution in [1.82, 2.24) is 10.6 Å². The van der Waals surface area contributed by atoms with Gasteiger partial charge >= 0.3 is 0 Å². The molecule has 128 valence electrons. The van der Waals surface area contributed by atoms with E-state index in [4.69, 9.17) is 4.74 Å². The lowest BCUT2D eigenvalue weighted by molar-refractivity contribution is -0.134. The molecule has 1 saturated carbocycles. The minimum atomic E-state index is -0.634. The Hall–Kier alpha value is -1.10. The molecule has 22 heavy (non-hydrogen) atoms. The fraction of sp³-hybridized carbons (Fsp3) is 0.882. The van der Waals surface area contributed by atoms with E-state index in [-0.39, 0.29) is 23.8 Å². The molecule has 1 aliphatic rings. The average molecular weight is 312 g/mol. The second-order valence-corrected chi connectivity index (χ2v) is 6.65. The third kappa shape index (κ3) is 6.34. The number of carbonyl (C=O) groups is 2. The van der Waals surface area contributed by atoms with Gasteiger partial charge in [-0.2, -0.15) is 0 Å². The van der Waals surface area contributed by atoms with Crippen molar-refractivity contribution in [1.29, 1.82) is 0 Å². The Morgan fingerprint density at radius 3 is 2.14 bits per heavy atom. The Morgan fingerprint density at radius 1 is 1.05 bits per heavy atom. The molecular formula is C17H32N2O3. The van der Waals surface area contributed by atoms with E-state index in [1.165, 1.54) is 38.5 Å². The normalized spacial score (nSPS) is 19.3. The highest BCUT2D eigenvalue weighted by Gasteiger charge is 2.28. The molecule has 2 atom stereocenters. The smallest absolute Gasteiger partial charge is 0.245 e. The molecule has 1 fully saturated rings. The summed E-state index contributed by atoms with van der Waals surface area (Å²) < 4.78 is 5.93. The summed E-state index contributed by atoms with van der Waals surface area (Å²) in [5, 5.41) is 5.40. The number of amides is 2. The van der Waals surface area contributed by atoms with Crippen LogP contribution in [-0.2, 0) is 14.3 Å². The van der Waals surface area contributed by atoms with E-state index in [1.54, 1.807) is 7.05 Å². The van der Waals surface area contributed by atoms with E-state index in [0.29, 0.717) is 12.5 Å². The minimum Gasteiger partial charge on any atom is -0.376 e. The maximum absolute atomic E-state index is 12.0. The van der Waals surface area contributed by atoms with Gasteiger partial charge in [-0.3, -0.25) is 9.59 Å². The van der Waals surface area contributed by atoms with Crippen molar-refractivity contribution in [2.24, 2.45) is 11.8 Å². The predicted octanol–water partition coefficient (Wildman–Crippen LogP) is 2.25. The van der Waals surface area contributed by atoms with Crippen LogP contribution in [0.4, 0.5) is 0 Å². The summed E-state index contributed by atoms with van der Waals surface area (Å²) in [7, 11) is 1.58. The van der Waals surface area contributed by atoms with Crippen molar-refractivity contribution >= 4 is 11.8 Å². The van der Waals surface area contributed by atoms with E-state index < -0.39 is 6.04 Å². The van der Waals surface area contributed by atoms with Crippen molar-refractivity contribution in [2.45, 2.75) is 71.4 Å². The standard InChI is InChI=1S/C17H32N2O3/c1-12(2)16(20)19-15(17(21)18-4)13(3)22-11-14-9-7-5-6-8-10-14/h12-15H,5-11H2,1-4H3,(H,18,21)(H,19,20). The summed E-state index contributed by atoms with van der Waals surface area (Å²) in [6.07, 6.45) is 7.25. The molecule has 0 aliphatic heterocycles. The first-order valence-corrected chi connectivity index (χ1v) is 8.59. The average Bonchev–Trinajstić information content (AvgIpc) is 2.77. The van der Waals surface area contributed by atoms with Crippen LogP contribution in [-0.4, -0.2) is 37.6 Å². The molecule has 0 aromatic carbocycles. The lowest BCUT2D eigenvalue weighted by Crippen LogP contribution is -2.53. The Bertz CT molecular complexity index is 350. The van der Waals surface area contributed by atoms with Gasteiger partial charge in [0.1, 0.15) is 6.04 Å². The summed E-state index contributed by atoms with van der Waals surface area (Å²) in [5.41, 5.74) is 0. The Labute approximate surface area is 134 Å². The molecule has 0 heterocycles. The molecule has 0 aromatic heterocycles. The Kier molecular flexibility index (Phi) is 8.46. The van der Waals surface area contributed by atoms with Crippen LogP contribution in [0.25, 0.3) is 0 Å². The van der Waals surface area contributed by atoms with E-state index in [2.05, 4.69) is 10.6 Å². The fourth-order valence-electron chi connectivity index (χ4n) is 2.79. The predicted molar refractivity (Wildman–Crippen MR) is 87.4 cm³/mol. The van der Waals surface area contributed by atoms with Gasteiger partial charge in [-0.1, -0.05) is 39.5 Å². The van der Waals surface area contributed by atoms with Gasteiger partial charge in [0.15, 0.2) is 0 Å². The second kappa shape index (κ2) is 9.82. The van der Waals surface area contributed by atoms with Crippen LogP contribution in [0.1, 0.15) is 59.3 Å². The zero-order valence-electron chi connectivity index (χ0n) is 14.5. The summed E-state index contributed by atoms with van der Waals surface area (Å²) in [6.45, 7) is 6.16. The molecular weight excluding hydrogens is 280 g/mol. The summed E-state index contributed by atoms with van der Waals surface area (Å²) in [5.74, 6) is 0.0955. The van der Waals surface area contributed by atoms with Gasteiger partial charge in [-0.05, 0) is 25.7 Å². The van der Waals surface area contributed by atoms with Crippen LogP contribution < -0.4 is 10.6 Å². The van der Waals surface area contributed by atoms with E-state index >= 15 is 0 Å². The topological polar surface area (TPSA) is 67.4 Å². The maximum atomic E-state index is 12.0. The molecule has 0 radical (unpaired) electrons. The number of hydrogen-bond donors (Lipinski definition) is 2. The lowest BCUT2D eigenvalue weighted by atomic mass is 10.0. The molecule has 5 nitrogen and oxygen atoms in total. The Morgan fingerprint density at radius 2 is 1.64 bits per heavy atom. The highest BCUT2D eigenvalue weighted by molar-refractivity contribution is 5.88. The second-order valence-electron chi connectivity index (χ2n) is 6.65. The van der Waals surface area contributed by atoms with Gasteiger partial charge < -0.3 is 15.4 Å². The first-order valence-electron chi connectivity index (χ1n) is 8.59. The number of ether oxygens (including phenoxy) is 1. The number of rotatable bonds is 7. The van der Waals surface area contributed by atoms with Crippen molar-refractivity contribution in [3.8, 4) is 0 Å². The van der Waals surface area contributed by atoms with Crippen molar-refractivity contribution in [3.63, 3.8) is 0 Å². The SMILES string of the molecule is CNC(=O)C(NC(=O)C(C)C)C(C)OCC1CCCCCC1. The number of hydrogen-bond acceptors (Lipinski definition) is 3. The summed E-state index contributed by atoms with van der Waals surface area (Å²) in [6, 6.07) is -0.634. The maximum Gasteiger partial charge on any atom is 0.245 e. The van der Waals surface area contributed by atoms with Crippen molar-refractivity contribution in [2.75, 3.05) is 13.7 Å². The fourth-order valence-corrected chi connectivity index (χ4v) is 2.79. The third-order valence-electron chi connectivity index (χ3n) is 4.39. The molecule has 2 unspecified atom stereocenters. The van der Waals surface area contributed by atoms with Gasteiger partial charge in [0.25, 0.3) is 0 Å². The first kappa shape index (κ1) is 18.9. The molecule has 1 rings (SSSR count). The zero-order valence-corrected chi connectivity index (χ0v) is 14.5. The van der Waals surface area contributed by atoms with Crippen LogP contribution in [0.15, 0.2) is 0 Å². The highest BCUT2D eigenvalue weighted by Crippen LogP contribution is 2.23. The monoisotopic (exact) mass is 312 g/mol. The quantitative estimate of drug-likeness (QED) is 0.709. The lowest BCUT2D eigenvalue weighted by Gasteiger charge is -2.26. The van der Waals surface area contributed by atoms with Crippen LogP contribution in [0.5, 0.6) is 0 Å². The molecule has 0 aromatic rings. The number of likely N-dealkylation sites (N-methyl/N-ethyl adjacent to an activating group) is 1. The zero-order chi connectivity index (χ0) is 16.5. The molecule has 0 saturated heterocycles. The number of carbonyl (C=O) groups excluding carboxylic acids is 2. The van der Waals surface area contributed by atoms with Gasteiger partial charge in [0.05, 0.1) is 6.10 Å². The van der Waals surface area contributed by atoms with Crippen molar-refractivity contribution < 1.29 is 14.3 Å². The van der Waals surface area contributed by atoms with Crippen molar-refractivity contribution in [3.05, 3.63) is 0 Å². The van der Waals surface area contributed by atoms with Crippen LogP contribution in [0.2, 0.25) is 0 Å². The molecule has 0 bridgehead atoms. The Balaban J connectivity index is 2.53. The van der Waals surface area contributed by atoms with Crippen LogP contribution in [0, 0.1) is 11.8 Å². The van der Waals surface area contributed by atoms with Gasteiger partial charge in [0.2, 0.25) is 11.8 Å². The molecule has 0 spiro atoms. The van der Waals surface area contributed by atoms with Gasteiger partial charge in [-0.25, -0.2) is 0 Å². The molecule has 2 amide bonds. The molecule has 2 N–H and O–H groups in total. The largest absolute Gasteiger partial charge is 0.376 e. The van der Waals surface area contributed by atoms with E-state index in [9.17, 15) is 9.59 Å². The third-order valence-corrected chi connectivity index (χ3v) is 4.39. The van der Waals surface area contributed by atoms with Gasteiger partial charge in [0, 0.05) is 19.6 Å². The van der Waals surface area contributed by atoms with Crippen LogP contribution >= 0.6 is 0 Å². The van der Waals surface area contributed by atoms with E-state index in [1.807, 2.05) is 20.8 Å². The molecule has 5 heteroatoms. The summed E-state index contributed by atoms with van der Waals surface area (Å²) >= 11 is 0. The highest BCUT2D eigenvalue weighted by atomic mass is 16.5. The summed E-state index contributed by atoms with van der Waals surface area (Å²) in [4.78, 5) is 23.9. The van der Waals surface area contributed by atoms with Gasteiger partial charge in [-0.15, -0.1) is 0 Å². The minimum absolute atomic E-state index is 0.126. The molecule has 1 aliphatic carbocycles. The van der Waals surface area contributed by atoms with E-state index in [0.717, 1.165) is 0 Å². The number of nitrogens with one attached hydrogen (secondary N) is 2. The van der Waals surface area contributed by atoms with Crippen LogP contribution in [0.3, 0.4) is 0 Å².